The van der Waals surface area contributed by atoms with Gasteiger partial charge >= 0.3 is 0 Å². The van der Waals surface area contributed by atoms with Gasteiger partial charge in [-0.05, 0) is 19.8 Å². The van der Waals surface area contributed by atoms with Crippen molar-refractivity contribution in [2.45, 2.75) is 47.5 Å². The SMILES string of the molecule is CC.Cc1nc(C)n(C)c1C(C)C. The average Bonchev–Trinajstić information content (AvgIpc) is 2.30. The molecule has 0 N–H and O–H groups in total. The lowest BCUT2D eigenvalue weighted by Gasteiger charge is -2.07. The minimum Gasteiger partial charge on any atom is -0.335 e. The van der Waals surface area contributed by atoms with Gasteiger partial charge in [-0.15, -0.1) is 0 Å². The lowest BCUT2D eigenvalue weighted by Crippen LogP contribution is -2.00. The Morgan fingerprint density at radius 3 is 1.77 bits per heavy atom. The van der Waals surface area contributed by atoms with Crippen molar-refractivity contribution in [3.05, 3.63) is 17.2 Å². The Hall–Kier alpha value is -0.790. The maximum absolute atomic E-state index is 4.39. The van der Waals surface area contributed by atoms with Gasteiger partial charge in [-0.3, -0.25) is 0 Å². The van der Waals surface area contributed by atoms with E-state index < -0.39 is 0 Å². The van der Waals surface area contributed by atoms with Crippen LogP contribution in [0.1, 0.15) is 50.8 Å². The Balaban J connectivity index is 0.000000671. The Kier molecular flexibility index (Phi) is 4.74. The maximum Gasteiger partial charge on any atom is 0.105 e. The minimum atomic E-state index is 0.571. The molecule has 0 spiro atoms. The molecule has 0 radical (unpaired) electrons. The second-order valence-corrected chi connectivity index (χ2v) is 3.34. The second-order valence-electron chi connectivity index (χ2n) is 3.34. The van der Waals surface area contributed by atoms with E-state index in [4.69, 9.17) is 0 Å². The first-order valence-electron chi connectivity index (χ1n) is 5.04. The third-order valence-electron chi connectivity index (χ3n) is 2.09. The molecule has 0 aliphatic heterocycles. The van der Waals surface area contributed by atoms with E-state index in [2.05, 4.69) is 37.4 Å². The first-order chi connectivity index (χ1) is 6.04. The van der Waals surface area contributed by atoms with Crippen LogP contribution in [0.3, 0.4) is 0 Å². The van der Waals surface area contributed by atoms with Crippen LogP contribution in [0.5, 0.6) is 0 Å². The predicted octanol–water partition coefficient (Wildman–Crippen LogP) is 3.19. The molecule has 1 rings (SSSR count). The number of imidazole rings is 1. The zero-order chi connectivity index (χ0) is 10.6. The van der Waals surface area contributed by atoms with Gasteiger partial charge in [0.25, 0.3) is 0 Å². The number of hydrogen-bond acceptors (Lipinski definition) is 1. The predicted molar refractivity (Wildman–Crippen MR) is 58.1 cm³/mol. The number of rotatable bonds is 1. The summed E-state index contributed by atoms with van der Waals surface area (Å²) >= 11 is 0. The van der Waals surface area contributed by atoms with Crippen LogP contribution in [0.4, 0.5) is 0 Å². The Morgan fingerprint density at radius 2 is 1.62 bits per heavy atom. The molecule has 0 aliphatic rings. The van der Waals surface area contributed by atoms with Gasteiger partial charge in [-0.2, -0.15) is 0 Å². The van der Waals surface area contributed by atoms with Crippen molar-refractivity contribution >= 4 is 0 Å². The lowest BCUT2D eigenvalue weighted by molar-refractivity contribution is 0.720. The van der Waals surface area contributed by atoms with Crippen LogP contribution < -0.4 is 0 Å². The van der Waals surface area contributed by atoms with Crippen LogP contribution in [0.2, 0.25) is 0 Å². The molecule has 0 aliphatic carbocycles. The Labute approximate surface area is 82.0 Å². The standard InChI is InChI=1S/C9H16N2.C2H6/c1-6(2)9-7(3)10-8(4)11(9)5;1-2/h6H,1-5H3;1-2H3. The Morgan fingerprint density at radius 1 is 1.15 bits per heavy atom. The molecule has 0 unspecified atom stereocenters. The third kappa shape index (κ3) is 2.58. The van der Waals surface area contributed by atoms with Gasteiger partial charge in [0.2, 0.25) is 0 Å². The van der Waals surface area contributed by atoms with Gasteiger partial charge in [-0.1, -0.05) is 27.7 Å². The first-order valence-corrected chi connectivity index (χ1v) is 5.04. The van der Waals surface area contributed by atoms with Crippen LogP contribution >= 0.6 is 0 Å². The molecule has 0 saturated carbocycles. The highest BCUT2D eigenvalue weighted by Gasteiger charge is 2.10. The molecule has 0 saturated heterocycles. The van der Waals surface area contributed by atoms with Gasteiger partial charge in [-0.25, -0.2) is 4.98 Å². The van der Waals surface area contributed by atoms with Crippen LogP contribution in [0.15, 0.2) is 0 Å². The fourth-order valence-electron chi connectivity index (χ4n) is 1.60. The third-order valence-corrected chi connectivity index (χ3v) is 2.09. The summed E-state index contributed by atoms with van der Waals surface area (Å²) in [6.07, 6.45) is 0. The zero-order valence-electron chi connectivity index (χ0n) is 9.97. The molecule has 2 heteroatoms. The molecular formula is C11H22N2. The van der Waals surface area contributed by atoms with Crippen molar-refractivity contribution in [1.82, 2.24) is 9.55 Å². The van der Waals surface area contributed by atoms with Crippen LogP contribution in [-0.4, -0.2) is 9.55 Å². The van der Waals surface area contributed by atoms with E-state index in [9.17, 15) is 0 Å². The van der Waals surface area contributed by atoms with Gasteiger partial charge in [0.05, 0.1) is 5.69 Å². The number of aromatic nitrogens is 2. The van der Waals surface area contributed by atoms with Crippen LogP contribution in [0, 0.1) is 13.8 Å². The number of hydrogen-bond donors (Lipinski definition) is 0. The molecule has 0 aromatic carbocycles. The molecule has 1 heterocycles. The number of aryl methyl sites for hydroxylation is 2. The summed E-state index contributed by atoms with van der Waals surface area (Å²) in [4.78, 5) is 4.39. The van der Waals surface area contributed by atoms with Gasteiger partial charge in [0.15, 0.2) is 0 Å². The van der Waals surface area contributed by atoms with E-state index in [1.165, 1.54) is 11.4 Å². The van der Waals surface area contributed by atoms with E-state index in [1.54, 1.807) is 0 Å². The van der Waals surface area contributed by atoms with Crippen molar-refractivity contribution in [2.75, 3.05) is 0 Å². The lowest BCUT2D eigenvalue weighted by atomic mass is 10.1. The fraction of sp³-hybridized carbons (Fsp3) is 0.727. The van der Waals surface area contributed by atoms with Crippen molar-refractivity contribution in [2.24, 2.45) is 7.05 Å². The zero-order valence-corrected chi connectivity index (χ0v) is 9.97. The largest absolute Gasteiger partial charge is 0.335 e. The molecule has 13 heavy (non-hydrogen) atoms. The topological polar surface area (TPSA) is 17.8 Å². The summed E-state index contributed by atoms with van der Waals surface area (Å²) in [7, 11) is 2.07. The van der Waals surface area contributed by atoms with E-state index in [0.717, 1.165) is 5.82 Å². The minimum absolute atomic E-state index is 0.571. The molecular weight excluding hydrogens is 160 g/mol. The summed E-state index contributed by atoms with van der Waals surface area (Å²) in [5, 5.41) is 0. The van der Waals surface area contributed by atoms with E-state index >= 15 is 0 Å². The number of nitrogens with zero attached hydrogens (tertiary/aromatic N) is 2. The second kappa shape index (κ2) is 5.05. The van der Waals surface area contributed by atoms with E-state index in [1.807, 2.05) is 20.8 Å². The van der Waals surface area contributed by atoms with E-state index in [-0.39, 0.29) is 0 Å². The monoisotopic (exact) mass is 182 g/mol. The van der Waals surface area contributed by atoms with Crippen molar-refractivity contribution in [3.63, 3.8) is 0 Å². The van der Waals surface area contributed by atoms with E-state index in [0.29, 0.717) is 5.92 Å². The first kappa shape index (κ1) is 12.2. The summed E-state index contributed by atoms with van der Waals surface area (Å²) < 4.78 is 2.17. The molecule has 1 aromatic rings. The highest BCUT2D eigenvalue weighted by molar-refractivity contribution is 5.18. The normalized spacial score (nSPS) is 9.85. The van der Waals surface area contributed by atoms with Crippen LogP contribution in [0.25, 0.3) is 0 Å². The molecule has 0 bridgehead atoms. The molecule has 2 nitrogen and oxygen atoms in total. The van der Waals surface area contributed by atoms with Gasteiger partial charge < -0.3 is 4.57 Å². The highest BCUT2D eigenvalue weighted by atomic mass is 15.1. The fourth-order valence-corrected chi connectivity index (χ4v) is 1.60. The summed E-state index contributed by atoms with van der Waals surface area (Å²) in [6.45, 7) is 12.5. The molecule has 0 atom stereocenters. The molecule has 1 aromatic heterocycles. The van der Waals surface area contributed by atoms with Crippen molar-refractivity contribution in [1.29, 1.82) is 0 Å². The van der Waals surface area contributed by atoms with Gasteiger partial charge in [0, 0.05) is 12.7 Å². The van der Waals surface area contributed by atoms with Gasteiger partial charge in [0.1, 0.15) is 5.82 Å². The molecule has 76 valence electrons. The summed E-state index contributed by atoms with van der Waals surface area (Å²) in [5.74, 6) is 1.67. The van der Waals surface area contributed by atoms with Crippen LogP contribution in [-0.2, 0) is 7.05 Å². The van der Waals surface area contributed by atoms with Crippen molar-refractivity contribution in [3.8, 4) is 0 Å². The molecule has 0 amide bonds. The summed E-state index contributed by atoms with van der Waals surface area (Å²) in [5.41, 5.74) is 2.52. The maximum atomic E-state index is 4.39. The quantitative estimate of drug-likeness (QED) is 0.652. The smallest absolute Gasteiger partial charge is 0.105 e. The Bertz CT molecular complexity index is 259. The average molecular weight is 182 g/mol. The summed E-state index contributed by atoms with van der Waals surface area (Å²) in [6, 6.07) is 0. The van der Waals surface area contributed by atoms with Crippen molar-refractivity contribution < 1.29 is 0 Å². The highest BCUT2D eigenvalue weighted by Crippen LogP contribution is 2.18. The molecule has 0 fully saturated rings.